The number of para-hydroxylation sites is 1. The average Bonchev–Trinajstić information content (AvgIpc) is 3.32. The van der Waals surface area contributed by atoms with Crippen LogP contribution in [0.15, 0.2) is 69.6 Å². The van der Waals surface area contributed by atoms with E-state index in [4.69, 9.17) is 30.0 Å². The van der Waals surface area contributed by atoms with Gasteiger partial charge in [-0.15, -0.1) is 0 Å². The van der Waals surface area contributed by atoms with Crippen molar-refractivity contribution in [2.45, 2.75) is 6.61 Å². The first kappa shape index (κ1) is 17.2. The lowest BCUT2D eigenvalue weighted by Crippen LogP contribution is -2.14. The first-order chi connectivity index (χ1) is 13.2. The number of furan rings is 1. The molecule has 2 aromatic heterocycles. The molecule has 0 spiro atoms. The van der Waals surface area contributed by atoms with Gasteiger partial charge in [0.05, 0.1) is 0 Å². The van der Waals surface area contributed by atoms with Gasteiger partial charge >= 0.3 is 5.97 Å². The third-order valence-electron chi connectivity index (χ3n) is 3.78. The van der Waals surface area contributed by atoms with Gasteiger partial charge in [-0.05, 0) is 36.4 Å². The molecule has 7 heteroatoms. The quantitative estimate of drug-likeness (QED) is 0.442. The van der Waals surface area contributed by atoms with Crippen LogP contribution in [0.2, 0.25) is 5.02 Å². The molecule has 0 unspecified atom stereocenters. The van der Waals surface area contributed by atoms with Crippen LogP contribution in [0.25, 0.3) is 22.5 Å². The Kier molecular flexibility index (Phi) is 4.80. The van der Waals surface area contributed by atoms with Crippen LogP contribution in [0, 0.1) is 0 Å². The summed E-state index contributed by atoms with van der Waals surface area (Å²) in [7, 11) is 0. The summed E-state index contributed by atoms with van der Waals surface area (Å²) >= 11 is 5.79. The Labute approximate surface area is 159 Å². The maximum atomic E-state index is 11.8. The van der Waals surface area contributed by atoms with Crippen LogP contribution in [-0.4, -0.2) is 17.7 Å². The number of nitrogens with zero attached hydrogens (tertiary/aromatic N) is 1. The molecule has 0 saturated carbocycles. The average molecular weight is 384 g/mol. The van der Waals surface area contributed by atoms with Crippen LogP contribution >= 0.6 is 11.6 Å². The molecule has 0 aliphatic heterocycles. The third-order valence-corrected chi connectivity index (χ3v) is 4.03. The fourth-order valence-electron chi connectivity index (χ4n) is 2.47. The van der Waals surface area contributed by atoms with E-state index in [1.165, 1.54) is 0 Å². The van der Waals surface area contributed by atoms with Crippen molar-refractivity contribution in [1.29, 1.82) is 0 Å². The summed E-state index contributed by atoms with van der Waals surface area (Å²) < 4.78 is 21.5. The topological polar surface area (TPSA) is 74.7 Å². The van der Waals surface area contributed by atoms with Crippen LogP contribution in [0.5, 0.6) is 5.75 Å². The second-order valence-corrected chi connectivity index (χ2v) is 6.17. The lowest BCUT2D eigenvalue weighted by Gasteiger charge is -2.05. The zero-order valence-electron chi connectivity index (χ0n) is 14.1. The van der Waals surface area contributed by atoms with E-state index in [0.717, 1.165) is 11.0 Å². The van der Waals surface area contributed by atoms with Gasteiger partial charge in [0, 0.05) is 16.5 Å². The highest BCUT2D eigenvalue weighted by atomic mass is 35.5. The maximum absolute atomic E-state index is 11.8. The monoisotopic (exact) mass is 383 g/mol. The number of benzene rings is 2. The zero-order valence-corrected chi connectivity index (χ0v) is 14.8. The van der Waals surface area contributed by atoms with Gasteiger partial charge in [-0.1, -0.05) is 35.0 Å². The van der Waals surface area contributed by atoms with Gasteiger partial charge in [0.15, 0.2) is 12.4 Å². The van der Waals surface area contributed by atoms with Gasteiger partial charge in [0.1, 0.15) is 23.6 Å². The molecule has 6 nitrogen and oxygen atoms in total. The van der Waals surface area contributed by atoms with Gasteiger partial charge in [0.2, 0.25) is 5.76 Å². The summed E-state index contributed by atoms with van der Waals surface area (Å²) in [5.41, 5.74) is 1.24. The van der Waals surface area contributed by atoms with Crippen molar-refractivity contribution in [2.75, 3.05) is 6.61 Å². The fourth-order valence-corrected chi connectivity index (χ4v) is 2.59. The van der Waals surface area contributed by atoms with E-state index in [1.807, 2.05) is 30.3 Å². The van der Waals surface area contributed by atoms with Crippen molar-refractivity contribution < 1.29 is 23.2 Å². The second-order valence-electron chi connectivity index (χ2n) is 5.73. The number of esters is 1. The molecule has 4 rings (SSSR count). The van der Waals surface area contributed by atoms with Crippen molar-refractivity contribution in [3.05, 3.63) is 71.4 Å². The molecule has 0 aliphatic rings. The molecule has 0 bridgehead atoms. The standard InChI is InChI=1S/C20H14ClNO5/c21-14-5-7-16(8-6-14)24-12-20(23)25-11-15-10-19(27-22-15)18-9-13-3-1-2-4-17(13)26-18/h1-10H,11-12H2. The van der Waals surface area contributed by atoms with Gasteiger partial charge < -0.3 is 18.4 Å². The number of aromatic nitrogens is 1. The van der Waals surface area contributed by atoms with Gasteiger partial charge in [-0.3, -0.25) is 0 Å². The molecule has 2 aromatic carbocycles. The van der Waals surface area contributed by atoms with Crippen molar-refractivity contribution in [1.82, 2.24) is 5.16 Å². The number of rotatable bonds is 6. The SMILES string of the molecule is O=C(COc1ccc(Cl)cc1)OCc1cc(-c2cc3ccccc3o2)on1. The molecule has 0 atom stereocenters. The number of fused-ring (bicyclic) bond motifs is 1. The van der Waals surface area contributed by atoms with E-state index in [1.54, 1.807) is 30.3 Å². The van der Waals surface area contributed by atoms with Crippen molar-refractivity contribution >= 4 is 28.5 Å². The van der Waals surface area contributed by atoms with Crippen molar-refractivity contribution in [3.8, 4) is 17.3 Å². The highest BCUT2D eigenvalue weighted by Gasteiger charge is 2.13. The molecule has 0 N–H and O–H groups in total. The van der Waals surface area contributed by atoms with Crippen LogP contribution in [-0.2, 0) is 16.1 Å². The highest BCUT2D eigenvalue weighted by molar-refractivity contribution is 6.30. The lowest BCUT2D eigenvalue weighted by atomic mass is 10.2. The Bertz CT molecular complexity index is 1030. The smallest absolute Gasteiger partial charge is 0.344 e. The van der Waals surface area contributed by atoms with Crippen LogP contribution < -0.4 is 4.74 Å². The van der Waals surface area contributed by atoms with Gasteiger partial charge in [-0.25, -0.2) is 4.79 Å². The Morgan fingerprint density at radius 1 is 1.04 bits per heavy atom. The Balaban J connectivity index is 1.32. The molecular weight excluding hydrogens is 370 g/mol. The molecule has 4 aromatic rings. The normalized spacial score (nSPS) is 10.9. The van der Waals surface area contributed by atoms with E-state index in [9.17, 15) is 4.79 Å². The molecule has 0 radical (unpaired) electrons. The minimum atomic E-state index is -0.516. The predicted octanol–water partition coefficient (Wildman–Crippen LogP) is 4.86. The molecule has 27 heavy (non-hydrogen) atoms. The minimum Gasteiger partial charge on any atom is -0.482 e. The van der Waals surface area contributed by atoms with Crippen LogP contribution in [0.4, 0.5) is 0 Å². The minimum absolute atomic E-state index is 0.0213. The van der Waals surface area contributed by atoms with Gasteiger partial charge in [-0.2, -0.15) is 0 Å². The second kappa shape index (κ2) is 7.55. The van der Waals surface area contributed by atoms with E-state index < -0.39 is 5.97 Å². The van der Waals surface area contributed by atoms with Gasteiger partial charge in [0.25, 0.3) is 0 Å². The molecule has 0 amide bonds. The van der Waals surface area contributed by atoms with E-state index in [0.29, 0.717) is 28.0 Å². The molecule has 136 valence electrons. The molecule has 2 heterocycles. The van der Waals surface area contributed by atoms with Crippen molar-refractivity contribution in [2.24, 2.45) is 0 Å². The van der Waals surface area contributed by atoms with E-state index in [2.05, 4.69) is 5.16 Å². The van der Waals surface area contributed by atoms with E-state index >= 15 is 0 Å². The largest absolute Gasteiger partial charge is 0.482 e. The highest BCUT2D eigenvalue weighted by Crippen LogP contribution is 2.28. The number of carbonyl (C=O) groups excluding carboxylic acids is 1. The summed E-state index contributed by atoms with van der Waals surface area (Å²) in [5, 5.41) is 5.46. The molecule has 0 aliphatic carbocycles. The number of carbonyl (C=O) groups is 1. The molecular formula is C20H14ClNO5. The molecule has 0 fully saturated rings. The van der Waals surface area contributed by atoms with E-state index in [-0.39, 0.29) is 13.2 Å². The lowest BCUT2D eigenvalue weighted by molar-refractivity contribution is -0.147. The zero-order chi connectivity index (χ0) is 18.6. The summed E-state index contributed by atoms with van der Waals surface area (Å²) in [6.07, 6.45) is 0. The summed E-state index contributed by atoms with van der Waals surface area (Å²) in [6.45, 7) is -0.234. The number of halogens is 1. The Morgan fingerprint density at radius 3 is 2.67 bits per heavy atom. The first-order valence-electron chi connectivity index (χ1n) is 8.16. The first-order valence-corrected chi connectivity index (χ1v) is 8.54. The third kappa shape index (κ3) is 4.12. The summed E-state index contributed by atoms with van der Waals surface area (Å²) in [5.74, 6) is 1.05. The fraction of sp³-hybridized carbons (Fsp3) is 0.100. The van der Waals surface area contributed by atoms with Crippen LogP contribution in [0.1, 0.15) is 5.69 Å². The Morgan fingerprint density at radius 2 is 1.85 bits per heavy atom. The van der Waals surface area contributed by atoms with Crippen LogP contribution in [0.3, 0.4) is 0 Å². The predicted molar refractivity (Wildman–Crippen MR) is 98.5 cm³/mol. The number of hydrogen-bond donors (Lipinski definition) is 0. The Hall–Kier alpha value is -3.25. The van der Waals surface area contributed by atoms with Crippen molar-refractivity contribution in [3.63, 3.8) is 0 Å². The summed E-state index contributed by atoms with van der Waals surface area (Å²) in [6, 6.07) is 17.9. The number of ether oxygens (including phenoxy) is 2. The maximum Gasteiger partial charge on any atom is 0.344 e. The number of hydrogen-bond acceptors (Lipinski definition) is 6. The summed E-state index contributed by atoms with van der Waals surface area (Å²) in [4.78, 5) is 11.8. The molecule has 0 saturated heterocycles.